The van der Waals surface area contributed by atoms with Crippen LogP contribution >= 0.6 is 0 Å². The topological polar surface area (TPSA) is 88.1 Å². The molecule has 2 N–H and O–H groups in total. The van der Waals surface area contributed by atoms with Crippen molar-refractivity contribution in [3.8, 4) is 0 Å². The summed E-state index contributed by atoms with van der Waals surface area (Å²) in [6.07, 6.45) is 4.50. The van der Waals surface area contributed by atoms with Gasteiger partial charge in [0.25, 0.3) is 0 Å². The summed E-state index contributed by atoms with van der Waals surface area (Å²) >= 11 is 0. The molecule has 4 aliphatic carbocycles. The number of carbonyl (C=O) groups is 2. The molecule has 5 aliphatic rings. The summed E-state index contributed by atoms with van der Waals surface area (Å²) in [6.45, 7) is 6.51. The van der Waals surface area contributed by atoms with Crippen molar-refractivity contribution >= 4 is 12.2 Å². The van der Waals surface area contributed by atoms with Gasteiger partial charge in [-0.3, -0.25) is 0 Å². The van der Waals surface area contributed by atoms with Crippen LogP contribution in [0.5, 0.6) is 0 Å². The number of hydrogen-bond acceptors (Lipinski definition) is 5. The van der Waals surface area contributed by atoms with E-state index in [2.05, 4.69) is 5.32 Å². The molecule has 7 nitrogen and oxygen atoms in total. The lowest BCUT2D eigenvalue weighted by molar-refractivity contribution is -0.177. The Hall–Kier alpha value is -1.50. The quantitative estimate of drug-likeness (QED) is 0.769. The molecular formula is C20H32N2O5. The first-order valence-corrected chi connectivity index (χ1v) is 10.3. The second kappa shape index (κ2) is 6.54. The Morgan fingerprint density at radius 3 is 2.41 bits per heavy atom. The van der Waals surface area contributed by atoms with Crippen LogP contribution in [0.15, 0.2) is 0 Å². The number of nitrogens with one attached hydrogen (secondary N) is 1. The van der Waals surface area contributed by atoms with Crippen LogP contribution in [-0.4, -0.2) is 58.6 Å². The second-order valence-corrected chi connectivity index (χ2v) is 10.1. The van der Waals surface area contributed by atoms with Crippen LogP contribution in [-0.2, 0) is 9.47 Å². The van der Waals surface area contributed by atoms with Gasteiger partial charge in [-0.25, -0.2) is 9.59 Å². The van der Waals surface area contributed by atoms with Gasteiger partial charge in [-0.15, -0.1) is 0 Å². The van der Waals surface area contributed by atoms with E-state index in [1.807, 2.05) is 20.8 Å². The normalized spacial score (nSPS) is 40.1. The number of ether oxygens (including phenoxy) is 2. The maximum atomic E-state index is 12.7. The van der Waals surface area contributed by atoms with Gasteiger partial charge in [0.15, 0.2) is 0 Å². The Labute approximate surface area is 160 Å². The van der Waals surface area contributed by atoms with Gasteiger partial charge in [0.05, 0.1) is 11.6 Å². The van der Waals surface area contributed by atoms with Gasteiger partial charge < -0.3 is 24.8 Å². The molecule has 27 heavy (non-hydrogen) atoms. The van der Waals surface area contributed by atoms with Gasteiger partial charge in [-0.2, -0.15) is 0 Å². The third-order valence-corrected chi connectivity index (χ3v) is 6.56. The van der Waals surface area contributed by atoms with Crippen LogP contribution in [0.3, 0.4) is 0 Å². The van der Waals surface area contributed by atoms with Crippen molar-refractivity contribution in [1.82, 2.24) is 10.2 Å². The van der Waals surface area contributed by atoms with Crippen molar-refractivity contribution in [2.24, 2.45) is 17.8 Å². The zero-order valence-electron chi connectivity index (χ0n) is 16.6. The fourth-order valence-corrected chi connectivity index (χ4v) is 5.84. The van der Waals surface area contributed by atoms with E-state index in [-0.39, 0.29) is 18.2 Å². The van der Waals surface area contributed by atoms with Crippen molar-refractivity contribution in [3.05, 3.63) is 0 Å². The molecule has 5 rings (SSSR count). The van der Waals surface area contributed by atoms with Gasteiger partial charge in [0.1, 0.15) is 11.7 Å². The van der Waals surface area contributed by atoms with E-state index < -0.39 is 17.3 Å². The molecule has 0 radical (unpaired) electrons. The zero-order chi connectivity index (χ0) is 19.4. The molecule has 1 saturated heterocycles. The van der Waals surface area contributed by atoms with Crippen LogP contribution in [0.1, 0.15) is 59.3 Å². The molecule has 4 bridgehead atoms. The molecular weight excluding hydrogens is 348 g/mol. The summed E-state index contributed by atoms with van der Waals surface area (Å²) < 4.78 is 11.2. The highest BCUT2D eigenvalue weighted by atomic mass is 16.6. The molecule has 2 amide bonds. The standard InChI is InChI=1S/C20H32N2O5/c1-19(2,3)27-17(23)21-15-4-5-22(11-15)18(24)26-16-13-6-12-7-14(16)10-20(25,8-12)9-13/h12-16,25H,4-11H2,1-3H3,(H,21,23). The fourth-order valence-electron chi connectivity index (χ4n) is 5.84. The van der Waals surface area contributed by atoms with E-state index in [1.54, 1.807) is 4.90 Å². The number of nitrogens with zero attached hydrogens (tertiary/aromatic N) is 1. The van der Waals surface area contributed by atoms with Crippen LogP contribution in [0, 0.1) is 17.8 Å². The number of alkyl carbamates (subject to hydrolysis) is 1. The van der Waals surface area contributed by atoms with Gasteiger partial charge in [0, 0.05) is 13.1 Å². The number of aliphatic hydroxyl groups is 1. The lowest BCUT2D eigenvalue weighted by atomic mass is 9.53. The highest BCUT2D eigenvalue weighted by Gasteiger charge is 2.56. The van der Waals surface area contributed by atoms with Crippen molar-refractivity contribution in [2.45, 2.75) is 82.6 Å². The Kier molecular flexibility index (Phi) is 4.56. The predicted molar refractivity (Wildman–Crippen MR) is 98.1 cm³/mol. The highest BCUT2D eigenvalue weighted by molar-refractivity contribution is 5.70. The maximum Gasteiger partial charge on any atom is 0.410 e. The van der Waals surface area contributed by atoms with Crippen molar-refractivity contribution < 1.29 is 24.2 Å². The Morgan fingerprint density at radius 1 is 1.15 bits per heavy atom. The van der Waals surface area contributed by atoms with E-state index in [9.17, 15) is 14.7 Å². The molecule has 4 saturated carbocycles. The molecule has 0 spiro atoms. The summed E-state index contributed by atoms with van der Waals surface area (Å²) in [7, 11) is 0. The smallest absolute Gasteiger partial charge is 0.410 e. The van der Waals surface area contributed by atoms with Crippen LogP contribution < -0.4 is 5.32 Å². The first-order valence-electron chi connectivity index (χ1n) is 10.3. The highest BCUT2D eigenvalue weighted by Crippen LogP contribution is 2.56. The van der Waals surface area contributed by atoms with Gasteiger partial charge in [0.2, 0.25) is 0 Å². The lowest BCUT2D eigenvalue weighted by Crippen LogP contribution is -2.58. The minimum Gasteiger partial charge on any atom is -0.446 e. The number of rotatable bonds is 2. The van der Waals surface area contributed by atoms with Crippen LogP contribution in [0.25, 0.3) is 0 Å². The molecule has 3 atom stereocenters. The Balaban J connectivity index is 1.28. The molecule has 0 aromatic rings. The third-order valence-electron chi connectivity index (χ3n) is 6.56. The minimum absolute atomic E-state index is 0.0628. The molecule has 0 aromatic heterocycles. The number of amides is 2. The molecule has 0 aromatic carbocycles. The van der Waals surface area contributed by atoms with Gasteiger partial charge >= 0.3 is 12.2 Å². The van der Waals surface area contributed by atoms with Crippen LogP contribution in [0.2, 0.25) is 0 Å². The third kappa shape index (κ3) is 4.03. The van der Waals surface area contributed by atoms with E-state index in [1.165, 1.54) is 0 Å². The van der Waals surface area contributed by atoms with Crippen LogP contribution in [0.4, 0.5) is 9.59 Å². The summed E-state index contributed by atoms with van der Waals surface area (Å²) in [5, 5.41) is 13.5. The number of carbonyl (C=O) groups excluding carboxylic acids is 2. The largest absolute Gasteiger partial charge is 0.446 e. The first-order chi connectivity index (χ1) is 12.6. The maximum absolute atomic E-state index is 12.7. The molecule has 152 valence electrons. The second-order valence-electron chi connectivity index (χ2n) is 10.1. The lowest BCUT2D eigenvalue weighted by Gasteiger charge is -2.57. The predicted octanol–water partition coefficient (Wildman–Crippen LogP) is 2.66. The number of likely N-dealkylation sites (tertiary alicyclic amines) is 1. The number of hydrogen-bond donors (Lipinski definition) is 2. The van der Waals surface area contributed by atoms with E-state index in [0.717, 1.165) is 32.1 Å². The van der Waals surface area contributed by atoms with Crippen molar-refractivity contribution in [2.75, 3.05) is 13.1 Å². The van der Waals surface area contributed by atoms with E-state index in [0.29, 0.717) is 37.3 Å². The Bertz CT molecular complexity index is 600. The van der Waals surface area contributed by atoms with E-state index >= 15 is 0 Å². The van der Waals surface area contributed by atoms with Gasteiger partial charge in [-0.05, 0) is 77.0 Å². The SMILES string of the molecule is CC(C)(C)OC(=O)NC1CCN(C(=O)OC2C3CC4CC2CC(O)(C4)C3)C1. The minimum atomic E-state index is -0.537. The average Bonchev–Trinajstić information content (AvgIpc) is 2.95. The first kappa shape index (κ1) is 18.8. The van der Waals surface area contributed by atoms with Crippen molar-refractivity contribution in [3.63, 3.8) is 0 Å². The molecule has 5 fully saturated rings. The summed E-state index contributed by atoms with van der Waals surface area (Å²) in [6, 6.07) is -0.105. The molecule has 7 heteroatoms. The van der Waals surface area contributed by atoms with Gasteiger partial charge in [-0.1, -0.05) is 0 Å². The average molecular weight is 380 g/mol. The monoisotopic (exact) mass is 380 g/mol. The summed E-state index contributed by atoms with van der Waals surface area (Å²) in [4.78, 5) is 26.3. The van der Waals surface area contributed by atoms with E-state index in [4.69, 9.17) is 9.47 Å². The zero-order valence-corrected chi connectivity index (χ0v) is 16.6. The Morgan fingerprint density at radius 2 is 1.81 bits per heavy atom. The summed E-state index contributed by atoms with van der Waals surface area (Å²) in [5.74, 6) is 1.18. The molecule has 1 heterocycles. The molecule has 3 unspecified atom stereocenters. The fraction of sp³-hybridized carbons (Fsp3) is 0.900. The summed E-state index contributed by atoms with van der Waals surface area (Å²) in [5.41, 5.74) is -1.06. The molecule has 1 aliphatic heterocycles. The van der Waals surface area contributed by atoms with Crippen molar-refractivity contribution in [1.29, 1.82) is 0 Å².